The van der Waals surface area contributed by atoms with Crippen LogP contribution in [0.15, 0.2) is 40.9 Å². The molecule has 2 aromatic rings. The molecule has 0 radical (unpaired) electrons. The van der Waals surface area contributed by atoms with E-state index in [9.17, 15) is 10.1 Å². The average molecular weight is 421 g/mol. The Morgan fingerprint density at radius 1 is 1.30 bits per heavy atom. The molecule has 0 aromatic heterocycles. The fourth-order valence-corrected chi connectivity index (χ4v) is 2.67. The van der Waals surface area contributed by atoms with Crippen LogP contribution in [0.2, 0.25) is 5.02 Å². The molecule has 0 atom stereocenters. The maximum absolute atomic E-state index is 11.0. The van der Waals surface area contributed by atoms with E-state index >= 15 is 0 Å². The Morgan fingerprint density at radius 3 is 2.70 bits per heavy atom. The summed E-state index contributed by atoms with van der Waals surface area (Å²) in [6.07, 6.45) is 0. The van der Waals surface area contributed by atoms with E-state index in [1.165, 1.54) is 6.07 Å². The molecule has 0 spiro atoms. The van der Waals surface area contributed by atoms with Gasteiger partial charge in [0.1, 0.15) is 5.75 Å². The highest BCUT2D eigenvalue weighted by Crippen LogP contribution is 2.39. The lowest BCUT2D eigenvalue weighted by Crippen LogP contribution is -1.96. The first-order valence-electron chi connectivity index (χ1n) is 5.48. The number of rotatable bonds is 4. The summed E-state index contributed by atoms with van der Waals surface area (Å²) in [7, 11) is 0. The van der Waals surface area contributed by atoms with E-state index in [1.54, 1.807) is 30.3 Å². The summed E-state index contributed by atoms with van der Waals surface area (Å²) in [6, 6.07) is 9.76. The summed E-state index contributed by atoms with van der Waals surface area (Å²) in [5.41, 5.74) is 0.706. The van der Waals surface area contributed by atoms with Gasteiger partial charge < -0.3 is 4.74 Å². The Kier molecular flexibility index (Phi) is 5.01. The Hall–Kier alpha value is -1.11. The average Bonchev–Trinajstić information content (AvgIpc) is 2.42. The highest BCUT2D eigenvalue weighted by molar-refractivity contribution is 9.10. The number of alkyl halides is 1. The molecule has 0 bridgehead atoms. The molecule has 2 rings (SSSR count). The molecular weight excluding hydrogens is 413 g/mol. The molecular formula is C13H8Br2ClNO3. The van der Waals surface area contributed by atoms with Gasteiger partial charge in [0.05, 0.1) is 9.40 Å². The zero-order chi connectivity index (χ0) is 14.7. The van der Waals surface area contributed by atoms with Crippen LogP contribution in [0.1, 0.15) is 5.56 Å². The summed E-state index contributed by atoms with van der Waals surface area (Å²) in [5, 5.41) is 12.2. The van der Waals surface area contributed by atoms with Crippen molar-refractivity contribution in [1.29, 1.82) is 0 Å². The molecule has 0 N–H and O–H groups in total. The molecule has 0 fully saturated rings. The molecule has 0 unspecified atom stereocenters. The van der Waals surface area contributed by atoms with Gasteiger partial charge >= 0.3 is 5.69 Å². The molecule has 20 heavy (non-hydrogen) atoms. The third-order valence-corrected chi connectivity index (χ3v) is 3.99. The number of halogens is 3. The molecule has 0 saturated heterocycles. The lowest BCUT2D eigenvalue weighted by Gasteiger charge is -2.11. The van der Waals surface area contributed by atoms with E-state index in [2.05, 4.69) is 31.9 Å². The molecule has 0 heterocycles. The third-order valence-electron chi connectivity index (χ3n) is 2.52. The highest BCUT2D eigenvalue weighted by atomic mass is 79.9. The number of hydrogen-bond acceptors (Lipinski definition) is 3. The number of nitro benzene ring substituents is 1. The van der Waals surface area contributed by atoms with Crippen LogP contribution in [-0.2, 0) is 5.33 Å². The molecule has 0 aliphatic rings. The van der Waals surface area contributed by atoms with E-state index < -0.39 is 4.92 Å². The molecule has 104 valence electrons. The fraction of sp³-hybridized carbons (Fsp3) is 0.0769. The summed E-state index contributed by atoms with van der Waals surface area (Å²) in [5.74, 6) is 0.684. The molecule has 0 aliphatic heterocycles. The summed E-state index contributed by atoms with van der Waals surface area (Å²) < 4.78 is 6.22. The second kappa shape index (κ2) is 6.56. The van der Waals surface area contributed by atoms with Crippen LogP contribution in [0.4, 0.5) is 5.69 Å². The molecule has 0 aliphatic carbocycles. The molecule has 7 heteroatoms. The first kappa shape index (κ1) is 15.3. The number of hydrogen-bond donors (Lipinski definition) is 0. The SMILES string of the molecule is O=[N+]([O-])c1cccc(Br)c1Oc1ccc(Cl)cc1CBr. The van der Waals surface area contributed by atoms with Crippen molar-refractivity contribution in [3.8, 4) is 11.5 Å². The van der Waals surface area contributed by atoms with Crippen molar-refractivity contribution >= 4 is 49.1 Å². The second-order valence-corrected chi connectivity index (χ2v) is 5.68. The fourth-order valence-electron chi connectivity index (χ4n) is 1.60. The van der Waals surface area contributed by atoms with Gasteiger partial charge in [-0.25, -0.2) is 0 Å². The Labute approximate surface area is 137 Å². The van der Waals surface area contributed by atoms with Gasteiger partial charge in [-0.1, -0.05) is 33.6 Å². The number of benzene rings is 2. The maximum Gasteiger partial charge on any atom is 0.312 e. The zero-order valence-electron chi connectivity index (χ0n) is 9.98. The van der Waals surface area contributed by atoms with Crippen molar-refractivity contribution < 1.29 is 9.66 Å². The van der Waals surface area contributed by atoms with E-state index in [-0.39, 0.29) is 11.4 Å². The van der Waals surface area contributed by atoms with Crippen LogP contribution in [0.25, 0.3) is 0 Å². The van der Waals surface area contributed by atoms with Crippen molar-refractivity contribution in [3.05, 3.63) is 61.6 Å². The van der Waals surface area contributed by atoms with Crippen LogP contribution in [0.3, 0.4) is 0 Å². The lowest BCUT2D eigenvalue weighted by atomic mass is 10.2. The van der Waals surface area contributed by atoms with E-state index in [0.717, 1.165) is 5.56 Å². The minimum absolute atomic E-state index is 0.102. The third kappa shape index (κ3) is 3.31. The lowest BCUT2D eigenvalue weighted by molar-refractivity contribution is -0.385. The molecule has 2 aromatic carbocycles. The van der Waals surface area contributed by atoms with Crippen molar-refractivity contribution in [2.75, 3.05) is 0 Å². The quantitative estimate of drug-likeness (QED) is 0.362. The van der Waals surface area contributed by atoms with Gasteiger partial charge in [0.25, 0.3) is 0 Å². The van der Waals surface area contributed by atoms with Gasteiger partial charge in [-0.15, -0.1) is 0 Å². The topological polar surface area (TPSA) is 52.4 Å². The minimum Gasteiger partial charge on any atom is -0.449 e. The normalized spacial score (nSPS) is 10.3. The molecule has 0 amide bonds. The van der Waals surface area contributed by atoms with Crippen LogP contribution in [-0.4, -0.2) is 4.92 Å². The molecule has 0 saturated carbocycles. The predicted octanol–water partition coefficient (Wildman–Crippen LogP) is 5.70. The summed E-state index contributed by atoms with van der Waals surface area (Å²) in [4.78, 5) is 10.6. The van der Waals surface area contributed by atoms with E-state index in [0.29, 0.717) is 20.6 Å². The van der Waals surface area contributed by atoms with Crippen LogP contribution >= 0.6 is 43.5 Å². The Balaban J connectivity index is 2.47. The smallest absolute Gasteiger partial charge is 0.312 e. The number of nitro groups is 1. The van der Waals surface area contributed by atoms with Gasteiger partial charge in [0.2, 0.25) is 5.75 Å². The minimum atomic E-state index is -0.482. The summed E-state index contributed by atoms with van der Waals surface area (Å²) >= 11 is 12.5. The highest BCUT2D eigenvalue weighted by Gasteiger charge is 2.19. The summed E-state index contributed by atoms with van der Waals surface area (Å²) in [6.45, 7) is 0. The van der Waals surface area contributed by atoms with Crippen molar-refractivity contribution in [1.82, 2.24) is 0 Å². The zero-order valence-corrected chi connectivity index (χ0v) is 13.9. The van der Waals surface area contributed by atoms with Crippen molar-refractivity contribution in [2.24, 2.45) is 0 Å². The van der Waals surface area contributed by atoms with Gasteiger partial charge in [0.15, 0.2) is 0 Å². The number of para-hydroxylation sites is 1. The van der Waals surface area contributed by atoms with Crippen molar-refractivity contribution in [2.45, 2.75) is 5.33 Å². The van der Waals surface area contributed by atoms with E-state index in [4.69, 9.17) is 16.3 Å². The van der Waals surface area contributed by atoms with Crippen LogP contribution in [0, 0.1) is 10.1 Å². The number of nitrogens with zero attached hydrogens (tertiary/aromatic N) is 1. The first-order chi connectivity index (χ1) is 9.52. The Bertz CT molecular complexity index is 664. The monoisotopic (exact) mass is 419 g/mol. The van der Waals surface area contributed by atoms with Gasteiger partial charge in [-0.3, -0.25) is 10.1 Å². The first-order valence-corrected chi connectivity index (χ1v) is 7.77. The second-order valence-electron chi connectivity index (χ2n) is 3.83. The Morgan fingerprint density at radius 2 is 2.05 bits per heavy atom. The van der Waals surface area contributed by atoms with Crippen LogP contribution in [0.5, 0.6) is 11.5 Å². The number of ether oxygens (including phenoxy) is 1. The van der Waals surface area contributed by atoms with Gasteiger partial charge in [-0.05, 0) is 40.2 Å². The van der Waals surface area contributed by atoms with Gasteiger partial charge in [0, 0.05) is 22.0 Å². The van der Waals surface area contributed by atoms with Crippen molar-refractivity contribution in [3.63, 3.8) is 0 Å². The molecule has 4 nitrogen and oxygen atoms in total. The van der Waals surface area contributed by atoms with E-state index in [1.807, 2.05) is 0 Å². The maximum atomic E-state index is 11.0. The standard InChI is InChI=1S/C13H8Br2ClNO3/c14-7-8-6-9(16)4-5-12(8)20-13-10(15)2-1-3-11(13)17(18)19/h1-6H,7H2. The largest absolute Gasteiger partial charge is 0.449 e. The van der Waals surface area contributed by atoms with Gasteiger partial charge in [-0.2, -0.15) is 0 Å². The predicted molar refractivity (Wildman–Crippen MR) is 85.0 cm³/mol. The van der Waals surface area contributed by atoms with Crippen LogP contribution < -0.4 is 4.74 Å².